The molecule has 4 aromatic carbocycles. The van der Waals surface area contributed by atoms with Crippen molar-refractivity contribution >= 4 is 29.0 Å². The van der Waals surface area contributed by atoms with Crippen molar-refractivity contribution in [2.45, 2.75) is 32.2 Å². The number of ether oxygens (including phenoxy) is 3. The van der Waals surface area contributed by atoms with Gasteiger partial charge in [0.05, 0.1) is 26.5 Å². The summed E-state index contributed by atoms with van der Waals surface area (Å²) in [5, 5.41) is 3.23. The number of hydrogen-bond donors (Lipinski definition) is 1. The first kappa shape index (κ1) is 31.8. The number of anilines is 2. The third kappa shape index (κ3) is 8.25. The van der Waals surface area contributed by atoms with Gasteiger partial charge in [-0.3, -0.25) is 9.59 Å². The Balaban J connectivity index is 1.42. The van der Waals surface area contributed by atoms with Gasteiger partial charge in [0.25, 0.3) is 0 Å². The van der Waals surface area contributed by atoms with Gasteiger partial charge in [-0.25, -0.2) is 4.79 Å². The fourth-order valence-electron chi connectivity index (χ4n) is 4.87. The summed E-state index contributed by atoms with van der Waals surface area (Å²) in [4.78, 5) is 40.6. The van der Waals surface area contributed by atoms with Crippen molar-refractivity contribution in [2.75, 3.05) is 37.6 Å². The number of carbonyl (C=O) groups is 3. The van der Waals surface area contributed by atoms with Crippen LogP contribution in [0.25, 0.3) is 0 Å². The zero-order valence-corrected chi connectivity index (χ0v) is 25.3. The first-order valence-corrected chi connectivity index (χ1v) is 14.6. The Morgan fingerprint density at radius 2 is 1.50 bits per heavy atom. The standard InChI is InChI=1S/C36H38N2O6/c1-4-12-34(39)38(32-17-10-11-18-33(32)42-2)23-24-44-28-21-19-26(20-22-28)25-31(36(41)43-3)37-30-16-9-8-15-29(30)35(40)27-13-6-5-7-14-27/h5-11,13-22,31,37H,4,12,23-25H2,1-3H3/t31-/m0/s1. The summed E-state index contributed by atoms with van der Waals surface area (Å²) in [5.74, 6) is 0.685. The van der Waals surface area contributed by atoms with Crippen molar-refractivity contribution in [2.24, 2.45) is 0 Å². The van der Waals surface area contributed by atoms with Crippen molar-refractivity contribution in [1.29, 1.82) is 0 Å². The molecule has 0 aromatic heterocycles. The van der Waals surface area contributed by atoms with Gasteiger partial charge in [0, 0.05) is 29.7 Å². The van der Waals surface area contributed by atoms with E-state index >= 15 is 0 Å². The van der Waals surface area contributed by atoms with Crippen molar-refractivity contribution in [3.8, 4) is 11.5 Å². The van der Waals surface area contributed by atoms with E-state index in [2.05, 4.69) is 5.32 Å². The SMILES string of the molecule is CCCC(=O)N(CCOc1ccc(C[C@H](Nc2ccccc2C(=O)c2ccccc2)C(=O)OC)cc1)c1ccccc1OC. The van der Waals surface area contributed by atoms with Crippen molar-refractivity contribution in [1.82, 2.24) is 0 Å². The molecule has 0 aliphatic rings. The number of ketones is 1. The number of nitrogens with zero attached hydrogens (tertiary/aromatic N) is 1. The molecule has 0 spiro atoms. The maximum atomic E-state index is 13.2. The van der Waals surface area contributed by atoms with Crippen LogP contribution >= 0.6 is 0 Å². The molecule has 0 aliphatic heterocycles. The minimum atomic E-state index is -0.726. The highest BCUT2D eigenvalue weighted by molar-refractivity contribution is 6.12. The molecule has 0 radical (unpaired) electrons. The predicted octanol–water partition coefficient (Wildman–Crippen LogP) is 6.33. The lowest BCUT2D eigenvalue weighted by atomic mass is 10.00. The Labute approximate surface area is 258 Å². The maximum absolute atomic E-state index is 13.2. The van der Waals surface area contributed by atoms with Crippen LogP contribution in [0.1, 0.15) is 41.3 Å². The van der Waals surface area contributed by atoms with E-state index in [1.54, 1.807) is 42.3 Å². The van der Waals surface area contributed by atoms with Gasteiger partial charge in [-0.15, -0.1) is 0 Å². The van der Waals surface area contributed by atoms with Crippen LogP contribution in [0.2, 0.25) is 0 Å². The molecule has 228 valence electrons. The molecular formula is C36H38N2O6. The van der Waals surface area contributed by atoms with E-state index in [-0.39, 0.29) is 18.3 Å². The lowest BCUT2D eigenvalue weighted by molar-refractivity contribution is -0.141. The first-order chi connectivity index (χ1) is 21.4. The van der Waals surface area contributed by atoms with Crippen LogP contribution in [0.5, 0.6) is 11.5 Å². The zero-order chi connectivity index (χ0) is 31.3. The van der Waals surface area contributed by atoms with Crippen LogP contribution in [0.3, 0.4) is 0 Å². The summed E-state index contributed by atoms with van der Waals surface area (Å²) in [7, 11) is 2.93. The van der Waals surface area contributed by atoms with Crippen LogP contribution in [0.15, 0.2) is 103 Å². The summed E-state index contributed by atoms with van der Waals surface area (Å²) in [6.45, 7) is 2.61. The molecule has 0 unspecified atom stereocenters. The minimum absolute atomic E-state index is 0.00402. The smallest absolute Gasteiger partial charge is 0.328 e. The number of benzene rings is 4. The minimum Gasteiger partial charge on any atom is -0.495 e. The molecule has 4 rings (SSSR count). The van der Waals surface area contributed by atoms with Crippen LogP contribution in [0, 0.1) is 0 Å². The summed E-state index contributed by atoms with van der Waals surface area (Å²) < 4.78 is 16.5. The Morgan fingerprint density at radius 1 is 0.818 bits per heavy atom. The Morgan fingerprint density at radius 3 is 2.20 bits per heavy atom. The molecule has 0 aliphatic carbocycles. The van der Waals surface area contributed by atoms with Crippen molar-refractivity contribution in [3.05, 3.63) is 120 Å². The van der Waals surface area contributed by atoms with E-state index in [1.165, 1.54) is 7.11 Å². The molecule has 1 amide bonds. The van der Waals surface area contributed by atoms with Crippen LogP contribution in [-0.4, -0.2) is 51.1 Å². The van der Waals surface area contributed by atoms with E-state index in [0.29, 0.717) is 53.4 Å². The van der Waals surface area contributed by atoms with Gasteiger partial charge >= 0.3 is 5.97 Å². The number of esters is 1. The third-order valence-electron chi connectivity index (χ3n) is 7.11. The van der Waals surface area contributed by atoms with Crippen LogP contribution in [-0.2, 0) is 20.7 Å². The van der Waals surface area contributed by atoms with Gasteiger partial charge in [-0.1, -0.05) is 73.7 Å². The van der Waals surface area contributed by atoms with Crippen LogP contribution < -0.4 is 19.7 Å². The maximum Gasteiger partial charge on any atom is 0.328 e. The van der Waals surface area contributed by atoms with Crippen molar-refractivity contribution in [3.63, 3.8) is 0 Å². The summed E-state index contributed by atoms with van der Waals surface area (Å²) in [5.41, 5.74) is 3.17. The van der Waals surface area contributed by atoms with Crippen molar-refractivity contribution < 1.29 is 28.6 Å². The number of rotatable bonds is 15. The topological polar surface area (TPSA) is 94.2 Å². The lowest BCUT2D eigenvalue weighted by Gasteiger charge is -2.24. The quantitative estimate of drug-likeness (QED) is 0.127. The lowest BCUT2D eigenvalue weighted by Crippen LogP contribution is -2.34. The third-order valence-corrected chi connectivity index (χ3v) is 7.11. The van der Waals surface area contributed by atoms with E-state index in [9.17, 15) is 14.4 Å². The van der Waals surface area contributed by atoms with E-state index in [0.717, 1.165) is 12.0 Å². The molecular weight excluding hydrogens is 556 g/mol. The highest BCUT2D eigenvalue weighted by Crippen LogP contribution is 2.28. The first-order valence-electron chi connectivity index (χ1n) is 14.6. The molecule has 44 heavy (non-hydrogen) atoms. The van der Waals surface area contributed by atoms with E-state index < -0.39 is 12.0 Å². The van der Waals surface area contributed by atoms with E-state index in [1.807, 2.05) is 79.7 Å². The average molecular weight is 595 g/mol. The van der Waals surface area contributed by atoms with Gasteiger partial charge in [0.15, 0.2) is 5.78 Å². The Bertz CT molecular complexity index is 1540. The second-order valence-corrected chi connectivity index (χ2v) is 10.1. The highest BCUT2D eigenvalue weighted by Gasteiger charge is 2.23. The zero-order valence-electron chi connectivity index (χ0n) is 25.3. The normalized spacial score (nSPS) is 11.2. The number of carbonyl (C=O) groups excluding carboxylic acids is 3. The molecule has 8 heteroatoms. The predicted molar refractivity (Wildman–Crippen MR) is 172 cm³/mol. The van der Waals surface area contributed by atoms with Gasteiger partial charge in [0.2, 0.25) is 5.91 Å². The van der Waals surface area contributed by atoms with Gasteiger partial charge in [0.1, 0.15) is 24.1 Å². The molecule has 1 N–H and O–H groups in total. The number of para-hydroxylation sites is 3. The number of nitrogens with one attached hydrogen (secondary N) is 1. The molecule has 0 saturated carbocycles. The highest BCUT2D eigenvalue weighted by atomic mass is 16.5. The molecule has 0 heterocycles. The molecule has 4 aromatic rings. The van der Waals surface area contributed by atoms with Crippen LogP contribution in [0.4, 0.5) is 11.4 Å². The molecule has 0 saturated heterocycles. The summed E-state index contributed by atoms with van der Waals surface area (Å²) in [6.07, 6.45) is 1.49. The molecule has 0 bridgehead atoms. The Hall–Kier alpha value is -5.11. The fourth-order valence-corrected chi connectivity index (χ4v) is 4.87. The fraction of sp³-hybridized carbons (Fsp3) is 0.250. The molecule has 8 nitrogen and oxygen atoms in total. The summed E-state index contributed by atoms with van der Waals surface area (Å²) >= 11 is 0. The average Bonchev–Trinajstić information content (AvgIpc) is 3.07. The number of hydrogen-bond acceptors (Lipinski definition) is 7. The monoisotopic (exact) mass is 594 g/mol. The van der Waals surface area contributed by atoms with E-state index in [4.69, 9.17) is 14.2 Å². The Kier molecular flexibility index (Phi) is 11.5. The number of methoxy groups -OCH3 is 2. The summed E-state index contributed by atoms with van der Waals surface area (Å²) in [6, 6.07) is 30.3. The second-order valence-electron chi connectivity index (χ2n) is 10.1. The van der Waals surface area contributed by atoms with Gasteiger partial charge in [-0.05, 0) is 48.4 Å². The van der Waals surface area contributed by atoms with Gasteiger partial charge < -0.3 is 24.4 Å². The largest absolute Gasteiger partial charge is 0.495 e. The second kappa shape index (κ2) is 15.9. The molecule has 1 atom stereocenters. The molecule has 0 fully saturated rings. The van der Waals surface area contributed by atoms with Gasteiger partial charge in [-0.2, -0.15) is 0 Å². The number of amides is 1.